The van der Waals surface area contributed by atoms with E-state index in [4.69, 9.17) is 0 Å². The number of hydrogen-bond donors (Lipinski definition) is 1. The van der Waals surface area contributed by atoms with Crippen LogP contribution in [0.15, 0.2) is 35.3 Å². The molecule has 0 spiro atoms. The lowest BCUT2D eigenvalue weighted by atomic mass is 10.1. The highest BCUT2D eigenvalue weighted by Gasteiger charge is 2.08. The molecule has 0 unspecified atom stereocenters. The Hall–Kier alpha value is -1.71. The van der Waals surface area contributed by atoms with E-state index in [1.165, 1.54) is 30.5 Å². The highest BCUT2D eigenvalue weighted by atomic mass is 19.3. The van der Waals surface area contributed by atoms with E-state index in [9.17, 15) is 13.6 Å². The molecule has 14 heavy (non-hydrogen) atoms. The fourth-order valence-electron chi connectivity index (χ4n) is 1.32. The molecule has 1 aromatic carbocycles. The van der Waals surface area contributed by atoms with Gasteiger partial charge in [-0.1, -0.05) is 6.07 Å². The average molecular weight is 195 g/mol. The minimum Gasteiger partial charge on any atom is -0.361 e. The van der Waals surface area contributed by atoms with Gasteiger partial charge in [-0.25, -0.2) is 8.78 Å². The first-order chi connectivity index (χ1) is 6.68. The summed E-state index contributed by atoms with van der Waals surface area (Å²) < 4.78 is 24.6. The number of alkyl halides is 2. The van der Waals surface area contributed by atoms with Crippen LogP contribution in [0.4, 0.5) is 8.78 Å². The summed E-state index contributed by atoms with van der Waals surface area (Å²) >= 11 is 0. The molecular formula is C10H7F2NO. The lowest BCUT2D eigenvalue weighted by Gasteiger charge is -2.01. The van der Waals surface area contributed by atoms with Gasteiger partial charge in [0.1, 0.15) is 0 Å². The second-order valence-electron chi connectivity index (χ2n) is 2.95. The maximum Gasteiger partial charge on any atom is 0.263 e. The van der Waals surface area contributed by atoms with Crippen LogP contribution in [0.1, 0.15) is 12.0 Å². The molecule has 0 saturated carbocycles. The summed E-state index contributed by atoms with van der Waals surface area (Å²) in [7, 11) is 0. The Labute approximate surface area is 78.2 Å². The Morgan fingerprint density at radius 1 is 1.21 bits per heavy atom. The van der Waals surface area contributed by atoms with E-state index in [-0.39, 0.29) is 11.0 Å². The predicted molar refractivity (Wildman–Crippen MR) is 49.5 cm³/mol. The van der Waals surface area contributed by atoms with Crippen LogP contribution in [-0.4, -0.2) is 4.98 Å². The van der Waals surface area contributed by atoms with Crippen LogP contribution in [0.2, 0.25) is 0 Å². The number of benzene rings is 1. The minimum absolute atomic E-state index is 0.130. The van der Waals surface area contributed by atoms with Crippen LogP contribution in [0, 0.1) is 0 Å². The summed E-state index contributed by atoms with van der Waals surface area (Å²) in [6.45, 7) is 0. The number of hydrogen-bond acceptors (Lipinski definition) is 1. The third-order valence-corrected chi connectivity index (χ3v) is 2.03. The molecule has 0 aliphatic carbocycles. The number of nitrogens with one attached hydrogen (secondary N) is 1. The maximum atomic E-state index is 12.3. The van der Waals surface area contributed by atoms with E-state index >= 15 is 0 Å². The number of pyridine rings is 1. The SMILES string of the molecule is O=c1cc[nH]c2ccc(C(F)F)cc12. The van der Waals surface area contributed by atoms with E-state index in [1.54, 1.807) is 0 Å². The molecule has 0 atom stereocenters. The molecule has 2 rings (SSSR count). The molecule has 72 valence electrons. The Balaban J connectivity index is 2.76. The smallest absolute Gasteiger partial charge is 0.263 e. The van der Waals surface area contributed by atoms with Gasteiger partial charge in [0, 0.05) is 28.7 Å². The van der Waals surface area contributed by atoms with Crippen molar-refractivity contribution in [2.45, 2.75) is 6.43 Å². The largest absolute Gasteiger partial charge is 0.361 e. The molecule has 2 aromatic rings. The lowest BCUT2D eigenvalue weighted by molar-refractivity contribution is 0.151. The van der Waals surface area contributed by atoms with Crippen molar-refractivity contribution in [2.24, 2.45) is 0 Å². The van der Waals surface area contributed by atoms with Gasteiger partial charge in [-0.05, 0) is 12.1 Å². The van der Waals surface area contributed by atoms with Crippen molar-refractivity contribution in [1.29, 1.82) is 0 Å². The number of rotatable bonds is 1. The van der Waals surface area contributed by atoms with E-state index in [2.05, 4.69) is 4.98 Å². The number of H-pyrrole nitrogens is 1. The fourth-order valence-corrected chi connectivity index (χ4v) is 1.32. The van der Waals surface area contributed by atoms with Crippen molar-refractivity contribution in [2.75, 3.05) is 0 Å². The van der Waals surface area contributed by atoms with Gasteiger partial charge in [-0.2, -0.15) is 0 Å². The van der Waals surface area contributed by atoms with Gasteiger partial charge in [-0.3, -0.25) is 4.79 Å². The summed E-state index contributed by atoms with van der Waals surface area (Å²) in [5, 5.41) is 0.297. The topological polar surface area (TPSA) is 32.9 Å². The van der Waals surface area contributed by atoms with Crippen molar-refractivity contribution in [3.05, 3.63) is 46.2 Å². The molecule has 0 saturated heterocycles. The van der Waals surface area contributed by atoms with Gasteiger partial charge >= 0.3 is 0 Å². The van der Waals surface area contributed by atoms with Crippen LogP contribution in [-0.2, 0) is 0 Å². The van der Waals surface area contributed by atoms with Crippen molar-refractivity contribution >= 4 is 10.9 Å². The Morgan fingerprint density at radius 3 is 2.71 bits per heavy atom. The molecule has 0 amide bonds. The van der Waals surface area contributed by atoms with Crippen LogP contribution in [0.5, 0.6) is 0 Å². The number of fused-ring (bicyclic) bond motifs is 1. The molecule has 2 nitrogen and oxygen atoms in total. The third-order valence-electron chi connectivity index (χ3n) is 2.03. The molecule has 0 bridgehead atoms. The van der Waals surface area contributed by atoms with Crippen molar-refractivity contribution in [3.63, 3.8) is 0 Å². The van der Waals surface area contributed by atoms with Gasteiger partial charge in [0.15, 0.2) is 5.43 Å². The Kier molecular flexibility index (Phi) is 2.04. The molecule has 0 aliphatic heterocycles. The monoisotopic (exact) mass is 195 g/mol. The summed E-state index contributed by atoms with van der Waals surface area (Å²) in [6, 6.07) is 5.33. The van der Waals surface area contributed by atoms with Gasteiger partial charge < -0.3 is 4.98 Å². The van der Waals surface area contributed by atoms with Crippen LogP contribution in [0.25, 0.3) is 10.9 Å². The Morgan fingerprint density at radius 2 is 2.00 bits per heavy atom. The molecule has 1 N–H and O–H groups in total. The van der Waals surface area contributed by atoms with Crippen molar-refractivity contribution < 1.29 is 8.78 Å². The van der Waals surface area contributed by atoms with Crippen LogP contribution < -0.4 is 5.43 Å². The first-order valence-electron chi connectivity index (χ1n) is 4.08. The fraction of sp³-hybridized carbons (Fsp3) is 0.100. The average Bonchev–Trinajstić information content (AvgIpc) is 2.18. The second kappa shape index (κ2) is 3.21. The molecular weight excluding hydrogens is 188 g/mol. The summed E-state index contributed by atoms with van der Waals surface area (Å²) in [5.41, 5.74) is 0.192. The number of aromatic amines is 1. The first-order valence-corrected chi connectivity index (χ1v) is 4.08. The molecule has 0 aliphatic rings. The highest BCUT2D eigenvalue weighted by molar-refractivity contribution is 5.78. The first kappa shape index (κ1) is 8.87. The maximum absolute atomic E-state index is 12.3. The molecule has 0 radical (unpaired) electrons. The van der Waals surface area contributed by atoms with E-state index < -0.39 is 6.43 Å². The van der Waals surface area contributed by atoms with E-state index in [1.807, 2.05) is 0 Å². The quantitative estimate of drug-likeness (QED) is 0.744. The number of halogens is 2. The standard InChI is InChI=1S/C10H7F2NO/c11-10(12)6-1-2-8-7(5-6)9(14)3-4-13-8/h1-5,10H,(H,13,14). The van der Waals surface area contributed by atoms with Gasteiger partial charge in [0.05, 0.1) is 0 Å². The van der Waals surface area contributed by atoms with E-state index in [0.29, 0.717) is 10.9 Å². The minimum atomic E-state index is -2.54. The number of aromatic nitrogens is 1. The van der Waals surface area contributed by atoms with E-state index in [0.717, 1.165) is 0 Å². The molecule has 1 heterocycles. The summed E-state index contributed by atoms with van der Waals surface area (Å²) in [6.07, 6.45) is -1.05. The van der Waals surface area contributed by atoms with Crippen LogP contribution >= 0.6 is 0 Å². The normalized spacial score (nSPS) is 11.1. The summed E-state index contributed by atoms with van der Waals surface area (Å²) in [4.78, 5) is 14.1. The van der Waals surface area contributed by atoms with Crippen molar-refractivity contribution in [3.8, 4) is 0 Å². The zero-order valence-electron chi connectivity index (χ0n) is 7.13. The van der Waals surface area contributed by atoms with Gasteiger partial charge in [0.25, 0.3) is 6.43 Å². The lowest BCUT2D eigenvalue weighted by Crippen LogP contribution is -2.00. The molecule has 1 aromatic heterocycles. The summed E-state index contributed by atoms with van der Waals surface area (Å²) in [5.74, 6) is 0. The highest BCUT2D eigenvalue weighted by Crippen LogP contribution is 2.20. The zero-order chi connectivity index (χ0) is 10.1. The van der Waals surface area contributed by atoms with Crippen LogP contribution in [0.3, 0.4) is 0 Å². The Bertz CT molecular complexity index is 519. The zero-order valence-corrected chi connectivity index (χ0v) is 7.13. The van der Waals surface area contributed by atoms with Gasteiger partial charge in [-0.15, -0.1) is 0 Å². The van der Waals surface area contributed by atoms with Gasteiger partial charge in [0.2, 0.25) is 0 Å². The third kappa shape index (κ3) is 1.39. The predicted octanol–water partition coefficient (Wildman–Crippen LogP) is 2.47. The second-order valence-corrected chi connectivity index (χ2v) is 2.95. The molecule has 0 fully saturated rings. The van der Waals surface area contributed by atoms with Crippen molar-refractivity contribution in [1.82, 2.24) is 4.98 Å². The molecule has 4 heteroatoms.